The van der Waals surface area contributed by atoms with Gasteiger partial charge < -0.3 is 5.11 Å². The van der Waals surface area contributed by atoms with Crippen molar-refractivity contribution in [1.82, 2.24) is 0 Å². The Balaban J connectivity index is 3.32. The Kier molecular flexibility index (Phi) is 2.05. The minimum absolute atomic E-state index is 0.583. The molecule has 0 aromatic heterocycles. The lowest BCUT2D eigenvalue weighted by atomic mass is 10.4. The van der Waals surface area contributed by atoms with Crippen LogP contribution < -0.4 is 0 Å². The fourth-order valence-electron chi connectivity index (χ4n) is 0.164. The molecule has 40 valence electrons. The second kappa shape index (κ2) is 2.34. The molecular formula is C4H5FO2. The zero-order chi connectivity index (χ0) is 5.86. The molecule has 0 aliphatic rings. The highest BCUT2D eigenvalue weighted by Gasteiger charge is 1.96. The van der Waals surface area contributed by atoms with Gasteiger partial charge in [-0.1, -0.05) is 6.58 Å². The number of rotatable bonds is 2. The third-order valence-electron chi connectivity index (χ3n) is 0.343. The average molecular weight is 104 g/mol. The topological polar surface area (TPSA) is 37.3 Å². The van der Waals surface area contributed by atoms with Gasteiger partial charge in [0.1, 0.15) is 5.83 Å². The molecule has 0 aromatic carbocycles. The van der Waals surface area contributed by atoms with Gasteiger partial charge in [0.2, 0.25) is 0 Å². The van der Waals surface area contributed by atoms with Gasteiger partial charge in [0.15, 0.2) is 0 Å². The standard InChI is InChI=1S/C4H5FO2/c1-3(5)2-4(6)7/h1-2H2,(H,6,7). The van der Waals surface area contributed by atoms with Crippen LogP contribution in [0.3, 0.4) is 0 Å². The van der Waals surface area contributed by atoms with E-state index in [9.17, 15) is 9.18 Å². The highest BCUT2D eigenvalue weighted by atomic mass is 19.1. The van der Waals surface area contributed by atoms with E-state index in [1.807, 2.05) is 0 Å². The quantitative estimate of drug-likeness (QED) is 0.566. The van der Waals surface area contributed by atoms with E-state index in [0.717, 1.165) is 0 Å². The van der Waals surface area contributed by atoms with Crippen LogP contribution in [0.1, 0.15) is 6.42 Å². The first kappa shape index (κ1) is 6.14. The molecule has 7 heavy (non-hydrogen) atoms. The Morgan fingerprint density at radius 2 is 2.29 bits per heavy atom. The maximum Gasteiger partial charge on any atom is 0.310 e. The van der Waals surface area contributed by atoms with Crippen molar-refractivity contribution in [3.63, 3.8) is 0 Å². The first-order valence-electron chi connectivity index (χ1n) is 1.68. The molecule has 0 aliphatic heterocycles. The summed E-state index contributed by atoms with van der Waals surface area (Å²) in [6.45, 7) is 2.75. The van der Waals surface area contributed by atoms with Crippen LogP contribution in [-0.4, -0.2) is 11.1 Å². The van der Waals surface area contributed by atoms with Gasteiger partial charge in [0, 0.05) is 0 Å². The predicted molar refractivity (Wildman–Crippen MR) is 22.5 cm³/mol. The van der Waals surface area contributed by atoms with Gasteiger partial charge in [-0.15, -0.1) is 0 Å². The summed E-state index contributed by atoms with van der Waals surface area (Å²) in [4.78, 5) is 9.51. The van der Waals surface area contributed by atoms with Gasteiger partial charge in [0.05, 0.1) is 6.42 Å². The van der Waals surface area contributed by atoms with E-state index in [4.69, 9.17) is 5.11 Å². The van der Waals surface area contributed by atoms with Crippen molar-refractivity contribution < 1.29 is 14.3 Å². The summed E-state index contributed by atoms with van der Waals surface area (Å²) < 4.78 is 11.4. The van der Waals surface area contributed by atoms with Gasteiger partial charge >= 0.3 is 5.97 Å². The third kappa shape index (κ3) is 5.14. The number of halogens is 1. The van der Waals surface area contributed by atoms with Crippen molar-refractivity contribution in [2.75, 3.05) is 0 Å². The van der Waals surface area contributed by atoms with Crippen molar-refractivity contribution in [2.24, 2.45) is 0 Å². The number of hydrogen-bond acceptors (Lipinski definition) is 1. The van der Waals surface area contributed by atoms with Crippen LogP contribution >= 0.6 is 0 Å². The number of hydrogen-bond donors (Lipinski definition) is 1. The van der Waals surface area contributed by atoms with Gasteiger partial charge in [-0.25, -0.2) is 4.39 Å². The summed E-state index contributed by atoms with van der Waals surface area (Å²) in [6.07, 6.45) is -0.583. The van der Waals surface area contributed by atoms with E-state index in [1.54, 1.807) is 0 Å². The summed E-state index contributed by atoms with van der Waals surface area (Å²) in [6, 6.07) is 0. The number of carboxylic acids is 1. The summed E-state index contributed by atoms with van der Waals surface area (Å²) in [5.74, 6) is -2.00. The monoisotopic (exact) mass is 104 g/mol. The van der Waals surface area contributed by atoms with Crippen LogP contribution in [0.15, 0.2) is 12.4 Å². The minimum Gasteiger partial charge on any atom is -0.481 e. The number of carboxylic acid groups (broad SMARTS) is 1. The summed E-state index contributed by atoms with van der Waals surface area (Å²) >= 11 is 0. The summed E-state index contributed by atoms with van der Waals surface area (Å²) in [7, 11) is 0. The van der Waals surface area contributed by atoms with Gasteiger partial charge in [0.25, 0.3) is 0 Å². The number of aliphatic carboxylic acids is 1. The molecule has 0 heterocycles. The smallest absolute Gasteiger partial charge is 0.310 e. The lowest BCUT2D eigenvalue weighted by molar-refractivity contribution is -0.136. The van der Waals surface area contributed by atoms with E-state index in [1.165, 1.54) is 0 Å². The molecule has 0 spiro atoms. The molecule has 0 amide bonds. The van der Waals surface area contributed by atoms with E-state index < -0.39 is 18.2 Å². The SMILES string of the molecule is C=C(F)CC(=O)O. The lowest BCUT2D eigenvalue weighted by Crippen LogP contribution is -1.92. The molecule has 0 unspecified atom stereocenters. The van der Waals surface area contributed by atoms with Crippen LogP contribution in [0.4, 0.5) is 4.39 Å². The second-order valence-corrected chi connectivity index (χ2v) is 1.09. The second-order valence-electron chi connectivity index (χ2n) is 1.09. The lowest BCUT2D eigenvalue weighted by Gasteiger charge is -1.82. The maximum atomic E-state index is 11.4. The number of carbonyl (C=O) groups is 1. The molecule has 0 atom stereocenters. The maximum absolute atomic E-state index is 11.4. The molecule has 0 aromatic rings. The first-order chi connectivity index (χ1) is 3.13. The Bertz CT molecular complexity index is 85.9. The van der Waals surface area contributed by atoms with Crippen LogP contribution in [0.25, 0.3) is 0 Å². The average Bonchev–Trinajstić information content (AvgIpc) is 1.27. The molecule has 0 radical (unpaired) electrons. The van der Waals surface area contributed by atoms with Crippen LogP contribution in [-0.2, 0) is 4.79 Å². The van der Waals surface area contributed by atoms with E-state index in [-0.39, 0.29) is 0 Å². The van der Waals surface area contributed by atoms with Crippen LogP contribution in [0, 0.1) is 0 Å². The van der Waals surface area contributed by atoms with Crippen molar-refractivity contribution in [3.8, 4) is 0 Å². The molecular weight excluding hydrogens is 99.0 g/mol. The van der Waals surface area contributed by atoms with Crippen LogP contribution in [0.2, 0.25) is 0 Å². The Labute approximate surface area is 40.3 Å². The fourth-order valence-corrected chi connectivity index (χ4v) is 0.164. The normalized spacial score (nSPS) is 8.14. The largest absolute Gasteiger partial charge is 0.481 e. The fraction of sp³-hybridized carbons (Fsp3) is 0.250. The van der Waals surface area contributed by atoms with Crippen molar-refractivity contribution in [3.05, 3.63) is 12.4 Å². The Hall–Kier alpha value is -0.860. The van der Waals surface area contributed by atoms with Gasteiger partial charge in [-0.3, -0.25) is 4.79 Å². The molecule has 0 saturated heterocycles. The van der Waals surface area contributed by atoms with Crippen molar-refractivity contribution in [1.29, 1.82) is 0 Å². The van der Waals surface area contributed by atoms with Crippen molar-refractivity contribution in [2.45, 2.75) is 6.42 Å². The van der Waals surface area contributed by atoms with Gasteiger partial charge in [-0.2, -0.15) is 0 Å². The zero-order valence-electron chi connectivity index (χ0n) is 3.65. The predicted octanol–water partition coefficient (Wildman–Crippen LogP) is 0.944. The summed E-state index contributed by atoms with van der Waals surface area (Å²) in [5, 5.41) is 7.78. The Morgan fingerprint density at radius 3 is 2.29 bits per heavy atom. The third-order valence-corrected chi connectivity index (χ3v) is 0.343. The molecule has 1 N–H and O–H groups in total. The molecule has 0 saturated carbocycles. The molecule has 0 fully saturated rings. The van der Waals surface area contributed by atoms with Crippen molar-refractivity contribution >= 4 is 5.97 Å². The minimum atomic E-state index is -1.19. The first-order valence-corrected chi connectivity index (χ1v) is 1.68. The van der Waals surface area contributed by atoms with Gasteiger partial charge in [-0.05, 0) is 0 Å². The summed E-state index contributed by atoms with van der Waals surface area (Å²) in [5.41, 5.74) is 0. The molecule has 0 aliphatic carbocycles. The van der Waals surface area contributed by atoms with Crippen LogP contribution in [0.5, 0.6) is 0 Å². The van der Waals surface area contributed by atoms with E-state index >= 15 is 0 Å². The highest BCUT2D eigenvalue weighted by molar-refractivity contribution is 5.69. The molecule has 0 rings (SSSR count). The van der Waals surface area contributed by atoms with E-state index in [2.05, 4.69) is 6.58 Å². The zero-order valence-corrected chi connectivity index (χ0v) is 3.65. The van der Waals surface area contributed by atoms with E-state index in [0.29, 0.717) is 0 Å². The Morgan fingerprint density at radius 1 is 1.86 bits per heavy atom. The molecule has 0 bridgehead atoms. The molecule has 3 heteroatoms. The highest BCUT2D eigenvalue weighted by Crippen LogP contribution is 1.95. The molecule has 2 nitrogen and oxygen atoms in total.